The molecule has 2 aromatic heterocycles. The number of para-hydroxylation sites is 1. The van der Waals surface area contributed by atoms with Gasteiger partial charge in [0.1, 0.15) is 5.69 Å². The molecule has 1 aliphatic carbocycles. The first-order valence-electron chi connectivity index (χ1n) is 7.44. The van der Waals surface area contributed by atoms with E-state index in [-0.39, 0.29) is 5.91 Å². The van der Waals surface area contributed by atoms with Gasteiger partial charge in [-0.05, 0) is 43.5 Å². The summed E-state index contributed by atoms with van der Waals surface area (Å²) < 4.78 is 1.69. The molecule has 1 N–H and O–H groups in total. The number of amides is 1. The van der Waals surface area contributed by atoms with E-state index in [2.05, 4.69) is 15.4 Å². The average molecular weight is 292 g/mol. The third-order valence-corrected chi connectivity index (χ3v) is 3.96. The Labute approximate surface area is 128 Å². The van der Waals surface area contributed by atoms with Gasteiger partial charge >= 0.3 is 0 Å². The van der Waals surface area contributed by atoms with Crippen molar-refractivity contribution in [2.24, 2.45) is 0 Å². The lowest BCUT2D eigenvalue weighted by molar-refractivity contribution is 0.102. The number of aromatic nitrogens is 3. The Bertz CT molecular complexity index is 864. The number of fused-ring (bicyclic) bond motifs is 1. The van der Waals surface area contributed by atoms with Crippen molar-refractivity contribution in [3.05, 3.63) is 59.5 Å². The normalized spacial score (nSPS) is 14.2. The molecule has 0 atom stereocenters. The van der Waals surface area contributed by atoms with E-state index in [0.717, 1.165) is 22.6 Å². The molecule has 5 nitrogen and oxygen atoms in total. The summed E-state index contributed by atoms with van der Waals surface area (Å²) in [7, 11) is 0. The minimum absolute atomic E-state index is 0.210. The molecule has 1 saturated carbocycles. The molecule has 0 unspecified atom stereocenters. The van der Waals surface area contributed by atoms with Gasteiger partial charge in [0.2, 0.25) is 0 Å². The van der Waals surface area contributed by atoms with Crippen LogP contribution in [0, 0.1) is 6.92 Å². The van der Waals surface area contributed by atoms with Crippen molar-refractivity contribution in [2.45, 2.75) is 25.7 Å². The van der Waals surface area contributed by atoms with Crippen LogP contribution in [0.5, 0.6) is 0 Å². The Balaban J connectivity index is 1.62. The van der Waals surface area contributed by atoms with Crippen molar-refractivity contribution in [3.63, 3.8) is 0 Å². The fourth-order valence-electron chi connectivity index (χ4n) is 2.50. The van der Waals surface area contributed by atoms with Gasteiger partial charge in [0, 0.05) is 11.6 Å². The van der Waals surface area contributed by atoms with Crippen LogP contribution in [0.4, 0.5) is 5.69 Å². The van der Waals surface area contributed by atoms with Crippen LogP contribution < -0.4 is 5.32 Å². The van der Waals surface area contributed by atoms with E-state index in [1.807, 2.05) is 43.5 Å². The summed E-state index contributed by atoms with van der Waals surface area (Å²) >= 11 is 0. The lowest BCUT2D eigenvalue weighted by Crippen LogP contribution is -2.15. The molecule has 1 aromatic carbocycles. The van der Waals surface area contributed by atoms with E-state index in [0.29, 0.717) is 11.6 Å². The molecule has 0 saturated heterocycles. The maximum absolute atomic E-state index is 12.4. The predicted octanol–water partition coefficient (Wildman–Crippen LogP) is 3.17. The molecule has 110 valence electrons. The van der Waals surface area contributed by atoms with Gasteiger partial charge in [0.15, 0.2) is 5.65 Å². The Hall–Kier alpha value is -2.69. The van der Waals surface area contributed by atoms with E-state index in [1.165, 1.54) is 12.8 Å². The van der Waals surface area contributed by atoms with E-state index >= 15 is 0 Å². The Morgan fingerprint density at radius 2 is 2.05 bits per heavy atom. The summed E-state index contributed by atoms with van der Waals surface area (Å²) in [6.07, 6.45) is 4.33. The maximum Gasteiger partial charge on any atom is 0.276 e. The van der Waals surface area contributed by atoms with Crippen LogP contribution in [0.1, 0.15) is 40.5 Å². The zero-order valence-corrected chi connectivity index (χ0v) is 12.3. The van der Waals surface area contributed by atoms with Crippen molar-refractivity contribution in [1.82, 2.24) is 14.6 Å². The van der Waals surface area contributed by atoms with E-state index < -0.39 is 0 Å². The summed E-state index contributed by atoms with van der Waals surface area (Å²) in [5.41, 5.74) is 4.07. The van der Waals surface area contributed by atoms with Crippen molar-refractivity contribution < 1.29 is 4.79 Å². The quantitative estimate of drug-likeness (QED) is 0.806. The SMILES string of the molecule is Cc1ccccc1NC(=O)c1ccc2nc(C3CC3)cn2n1. The average Bonchev–Trinajstić information content (AvgIpc) is 3.28. The number of rotatable bonds is 3. The molecule has 1 aliphatic rings. The minimum atomic E-state index is -0.210. The third-order valence-electron chi connectivity index (χ3n) is 3.96. The second-order valence-electron chi connectivity index (χ2n) is 5.73. The number of hydrogen-bond acceptors (Lipinski definition) is 3. The number of hydrogen-bond donors (Lipinski definition) is 1. The zero-order chi connectivity index (χ0) is 15.1. The summed E-state index contributed by atoms with van der Waals surface area (Å²) in [5.74, 6) is 0.365. The molecule has 2 heterocycles. The molecule has 1 fully saturated rings. The fraction of sp³-hybridized carbons (Fsp3) is 0.235. The second kappa shape index (κ2) is 4.94. The van der Waals surface area contributed by atoms with E-state index in [4.69, 9.17) is 0 Å². The number of carbonyl (C=O) groups excluding carboxylic acids is 1. The van der Waals surface area contributed by atoms with Crippen molar-refractivity contribution in [1.29, 1.82) is 0 Å². The van der Waals surface area contributed by atoms with Crippen molar-refractivity contribution >= 4 is 17.2 Å². The topological polar surface area (TPSA) is 59.3 Å². The molecule has 1 amide bonds. The summed E-state index contributed by atoms with van der Waals surface area (Å²) in [4.78, 5) is 16.9. The van der Waals surface area contributed by atoms with Gasteiger partial charge in [-0.3, -0.25) is 4.79 Å². The van der Waals surface area contributed by atoms with Gasteiger partial charge in [0.25, 0.3) is 5.91 Å². The highest BCUT2D eigenvalue weighted by Gasteiger charge is 2.26. The number of imidazole rings is 1. The van der Waals surface area contributed by atoms with Crippen LogP contribution in [-0.2, 0) is 0 Å². The first-order chi connectivity index (χ1) is 10.7. The summed E-state index contributed by atoms with van der Waals surface area (Å²) in [6, 6.07) is 11.2. The third kappa shape index (κ3) is 2.35. The second-order valence-corrected chi connectivity index (χ2v) is 5.73. The van der Waals surface area contributed by atoms with Gasteiger partial charge in [0.05, 0.1) is 11.9 Å². The maximum atomic E-state index is 12.4. The Kier molecular flexibility index (Phi) is 2.92. The molecule has 0 bridgehead atoms. The first kappa shape index (κ1) is 13.0. The predicted molar refractivity (Wildman–Crippen MR) is 84.1 cm³/mol. The van der Waals surface area contributed by atoms with Crippen LogP contribution in [0.2, 0.25) is 0 Å². The van der Waals surface area contributed by atoms with Gasteiger partial charge in [-0.25, -0.2) is 9.50 Å². The largest absolute Gasteiger partial charge is 0.320 e. The zero-order valence-electron chi connectivity index (χ0n) is 12.3. The molecule has 0 radical (unpaired) electrons. The van der Waals surface area contributed by atoms with Crippen LogP contribution in [0.25, 0.3) is 5.65 Å². The number of nitrogens with one attached hydrogen (secondary N) is 1. The lowest BCUT2D eigenvalue weighted by Gasteiger charge is -2.07. The molecule has 4 rings (SSSR count). The van der Waals surface area contributed by atoms with Crippen LogP contribution >= 0.6 is 0 Å². The number of carbonyl (C=O) groups is 1. The summed E-state index contributed by atoms with van der Waals surface area (Å²) in [5, 5.41) is 7.27. The minimum Gasteiger partial charge on any atom is -0.320 e. The van der Waals surface area contributed by atoms with Gasteiger partial charge in [-0.2, -0.15) is 5.10 Å². The molecule has 0 spiro atoms. The van der Waals surface area contributed by atoms with Crippen LogP contribution in [0.3, 0.4) is 0 Å². The highest BCUT2D eigenvalue weighted by molar-refractivity contribution is 6.03. The lowest BCUT2D eigenvalue weighted by atomic mass is 10.2. The fourth-order valence-corrected chi connectivity index (χ4v) is 2.50. The van der Waals surface area contributed by atoms with Gasteiger partial charge < -0.3 is 5.32 Å². The molecule has 5 heteroatoms. The molecule has 22 heavy (non-hydrogen) atoms. The Morgan fingerprint density at radius 1 is 1.23 bits per heavy atom. The van der Waals surface area contributed by atoms with Crippen LogP contribution in [0.15, 0.2) is 42.6 Å². The van der Waals surface area contributed by atoms with Crippen molar-refractivity contribution in [3.8, 4) is 0 Å². The number of aryl methyl sites for hydroxylation is 1. The molecular formula is C17H16N4O. The van der Waals surface area contributed by atoms with Gasteiger partial charge in [-0.1, -0.05) is 18.2 Å². The molecular weight excluding hydrogens is 276 g/mol. The number of nitrogens with zero attached hydrogens (tertiary/aromatic N) is 3. The first-order valence-corrected chi connectivity index (χ1v) is 7.44. The molecule has 0 aliphatic heterocycles. The number of benzene rings is 1. The van der Waals surface area contributed by atoms with Crippen LogP contribution in [-0.4, -0.2) is 20.5 Å². The number of anilines is 1. The van der Waals surface area contributed by atoms with E-state index in [9.17, 15) is 4.79 Å². The smallest absolute Gasteiger partial charge is 0.276 e. The van der Waals surface area contributed by atoms with Crippen molar-refractivity contribution in [2.75, 3.05) is 5.32 Å². The Morgan fingerprint density at radius 3 is 2.82 bits per heavy atom. The summed E-state index contributed by atoms with van der Waals surface area (Å²) in [6.45, 7) is 1.96. The highest BCUT2D eigenvalue weighted by Crippen LogP contribution is 2.39. The standard InChI is InChI=1S/C17H16N4O/c1-11-4-2-3-5-13(11)19-17(22)14-8-9-16-18-15(12-6-7-12)10-21(16)20-14/h2-5,8-10,12H,6-7H2,1H3,(H,19,22). The van der Waals surface area contributed by atoms with Gasteiger partial charge in [-0.15, -0.1) is 0 Å². The molecule has 3 aromatic rings. The monoisotopic (exact) mass is 292 g/mol. The van der Waals surface area contributed by atoms with E-state index in [1.54, 1.807) is 10.6 Å². The highest BCUT2D eigenvalue weighted by atomic mass is 16.1.